The van der Waals surface area contributed by atoms with Gasteiger partial charge in [-0.15, -0.1) is 0 Å². The normalized spacial score (nSPS) is 12.2. The van der Waals surface area contributed by atoms with Crippen molar-refractivity contribution in [3.8, 4) is 0 Å². The van der Waals surface area contributed by atoms with E-state index in [1.807, 2.05) is 32.0 Å². The van der Waals surface area contributed by atoms with Crippen LogP contribution in [-0.2, 0) is 0 Å². The summed E-state index contributed by atoms with van der Waals surface area (Å²) in [5.74, 6) is 1.57. The molecule has 0 spiro atoms. The molecule has 17 heavy (non-hydrogen) atoms. The van der Waals surface area contributed by atoms with Crippen LogP contribution in [0.1, 0.15) is 24.5 Å². The first-order valence-electron chi connectivity index (χ1n) is 5.33. The van der Waals surface area contributed by atoms with Crippen molar-refractivity contribution in [1.82, 2.24) is 15.0 Å². The summed E-state index contributed by atoms with van der Waals surface area (Å²) in [6.07, 6.45) is 3.51. The van der Waals surface area contributed by atoms with E-state index in [1.165, 1.54) is 0 Å². The number of aryl methyl sites for hydroxylation is 1. The summed E-state index contributed by atoms with van der Waals surface area (Å²) < 4.78 is 0.993. The summed E-state index contributed by atoms with van der Waals surface area (Å²) in [6.45, 7) is 3.96. The fourth-order valence-corrected chi connectivity index (χ4v) is 1.78. The van der Waals surface area contributed by atoms with Crippen molar-refractivity contribution in [2.45, 2.75) is 19.9 Å². The topological polar surface area (TPSA) is 50.7 Å². The first-order chi connectivity index (χ1) is 8.15. The predicted octanol–water partition coefficient (Wildman–Crippen LogP) is 3.12. The van der Waals surface area contributed by atoms with Gasteiger partial charge in [0.2, 0.25) is 0 Å². The standard InChI is InChI=1S/C12H13BrN4/c1-8-3-5-15-12(16-8)9(2)17-11-7-10(13)4-6-14-11/h3-7,9H,1-2H3,(H,14,17). The zero-order valence-corrected chi connectivity index (χ0v) is 11.3. The number of nitrogens with zero attached hydrogens (tertiary/aromatic N) is 3. The molecule has 0 fully saturated rings. The van der Waals surface area contributed by atoms with Gasteiger partial charge in [-0.25, -0.2) is 15.0 Å². The monoisotopic (exact) mass is 292 g/mol. The largest absolute Gasteiger partial charge is 0.360 e. The molecule has 4 nitrogen and oxygen atoms in total. The van der Waals surface area contributed by atoms with E-state index in [-0.39, 0.29) is 6.04 Å². The average Bonchev–Trinajstić information content (AvgIpc) is 2.29. The summed E-state index contributed by atoms with van der Waals surface area (Å²) in [4.78, 5) is 12.9. The van der Waals surface area contributed by atoms with Crippen molar-refractivity contribution >= 4 is 21.7 Å². The van der Waals surface area contributed by atoms with Gasteiger partial charge in [-0.3, -0.25) is 0 Å². The third-order valence-corrected chi connectivity index (χ3v) is 2.78. The van der Waals surface area contributed by atoms with Crippen molar-refractivity contribution in [3.05, 3.63) is 46.6 Å². The molecule has 0 aliphatic carbocycles. The highest BCUT2D eigenvalue weighted by atomic mass is 79.9. The third-order valence-electron chi connectivity index (χ3n) is 2.29. The molecule has 2 rings (SSSR count). The fraction of sp³-hybridized carbons (Fsp3) is 0.250. The van der Waals surface area contributed by atoms with Gasteiger partial charge < -0.3 is 5.32 Å². The smallest absolute Gasteiger partial charge is 0.150 e. The summed E-state index contributed by atoms with van der Waals surface area (Å²) in [7, 11) is 0. The molecule has 0 saturated carbocycles. The van der Waals surface area contributed by atoms with E-state index in [0.29, 0.717) is 0 Å². The predicted molar refractivity (Wildman–Crippen MR) is 70.7 cm³/mol. The molecular weight excluding hydrogens is 280 g/mol. The lowest BCUT2D eigenvalue weighted by Gasteiger charge is -2.13. The molecule has 0 aliphatic rings. The lowest BCUT2D eigenvalue weighted by atomic mass is 10.3. The van der Waals surface area contributed by atoms with Gasteiger partial charge in [-0.2, -0.15) is 0 Å². The SMILES string of the molecule is Cc1ccnc(C(C)Nc2cc(Br)ccn2)n1. The van der Waals surface area contributed by atoms with Crippen molar-refractivity contribution < 1.29 is 0 Å². The van der Waals surface area contributed by atoms with Crippen LogP contribution in [0.15, 0.2) is 35.1 Å². The van der Waals surface area contributed by atoms with Crippen LogP contribution in [-0.4, -0.2) is 15.0 Å². The van der Waals surface area contributed by atoms with Crippen LogP contribution in [0.2, 0.25) is 0 Å². The van der Waals surface area contributed by atoms with Gasteiger partial charge in [-0.05, 0) is 32.0 Å². The van der Waals surface area contributed by atoms with Crippen LogP contribution in [0.3, 0.4) is 0 Å². The van der Waals surface area contributed by atoms with Gasteiger partial charge in [0.05, 0.1) is 6.04 Å². The first kappa shape index (κ1) is 12.0. The number of aromatic nitrogens is 3. The van der Waals surface area contributed by atoms with Gasteiger partial charge >= 0.3 is 0 Å². The van der Waals surface area contributed by atoms with Crippen molar-refractivity contribution in [3.63, 3.8) is 0 Å². The minimum Gasteiger partial charge on any atom is -0.360 e. The Bertz CT molecular complexity index is 515. The summed E-state index contributed by atoms with van der Waals surface area (Å²) in [5.41, 5.74) is 0.964. The number of nitrogens with one attached hydrogen (secondary N) is 1. The number of anilines is 1. The van der Waals surface area contributed by atoms with E-state index in [2.05, 4.69) is 36.2 Å². The molecule has 0 saturated heterocycles. The molecule has 88 valence electrons. The zero-order valence-electron chi connectivity index (χ0n) is 9.68. The zero-order chi connectivity index (χ0) is 12.3. The van der Waals surface area contributed by atoms with Crippen molar-refractivity contribution in [2.24, 2.45) is 0 Å². The Hall–Kier alpha value is -1.49. The Morgan fingerprint density at radius 2 is 2.00 bits per heavy atom. The molecule has 5 heteroatoms. The van der Waals surface area contributed by atoms with Crippen LogP contribution in [0.4, 0.5) is 5.82 Å². The molecular formula is C12H13BrN4. The lowest BCUT2D eigenvalue weighted by Crippen LogP contribution is -2.11. The van der Waals surface area contributed by atoms with Gasteiger partial charge in [0.1, 0.15) is 11.6 Å². The second kappa shape index (κ2) is 5.23. The summed E-state index contributed by atoms with van der Waals surface area (Å²) in [5, 5.41) is 3.26. The van der Waals surface area contributed by atoms with Gasteiger partial charge in [0.15, 0.2) is 0 Å². The molecule has 0 aliphatic heterocycles. The van der Waals surface area contributed by atoms with E-state index in [1.54, 1.807) is 12.4 Å². The van der Waals surface area contributed by atoms with Gasteiger partial charge in [0, 0.05) is 22.6 Å². The van der Waals surface area contributed by atoms with Crippen LogP contribution in [0, 0.1) is 6.92 Å². The highest BCUT2D eigenvalue weighted by Crippen LogP contribution is 2.17. The highest BCUT2D eigenvalue weighted by molar-refractivity contribution is 9.10. The van der Waals surface area contributed by atoms with Gasteiger partial charge in [0.25, 0.3) is 0 Å². The molecule has 2 aromatic heterocycles. The third kappa shape index (κ3) is 3.23. The molecule has 0 radical (unpaired) electrons. The van der Waals surface area contributed by atoms with E-state index in [0.717, 1.165) is 21.8 Å². The number of pyridine rings is 1. The fourth-order valence-electron chi connectivity index (χ4n) is 1.45. The van der Waals surface area contributed by atoms with Gasteiger partial charge in [-0.1, -0.05) is 15.9 Å². The van der Waals surface area contributed by atoms with Crippen molar-refractivity contribution in [2.75, 3.05) is 5.32 Å². The lowest BCUT2D eigenvalue weighted by molar-refractivity contribution is 0.775. The molecule has 0 aromatic carbocycles. The van der Waals surface area contributed by atoms with Crippen LogP contribution in [0.5, 0.6) is 0 Å². The maximum absolute atomic E-state index is 4.38. The molecule has 2 heterocycles. The molecule has 0 amide bonds. The van der Waals surface area contributed by atoms with E-state index >= 15 is 0 Å². The van der Waals surface area contributed by atoms with E-state index < -0.39 is 0 Å². The number of rotatable bonds is 3. The molecule has 0 bridgehead atoms. The molecule has 2 aromatic rings. The van der Waals surface area contributed by atoms with Crippen LogP contribution < -0.4 is 5.32 Å². The first-order valence-corrected chi connectivity index (χ1v) is 6.12. The molecule has 1 N–H and O–H groups in total. The Morgan fingerprint density at radius 3 is 2.71 bits per heavy atom. The highest BCUT2D eigenvalue weighted by Gasteiger charge is 2.09. The average molecular weight is 293 g/mol. The van der Waals surface area contributed by atoms with Crippen LogP contribution >= 0.6 is 15.9 Å². The van der Waals surface area contributed by atoms with E-state index in [9.17, 15) is 0 Å². The minimum absolute atomic E-state index is 0.0247. The second-order valence-corrected chi connectivity index (χ2v) is 4.70. The Morgan fingerprint density at radius 1 is 1.24 bits per heavy atom. The number of hydrogen-bond donors (Lipinski definition) is 1. The second-order valence-electron chi connectivity index (χ2n) is 3.78. The quantitative estimate of drug-likeness (QED) is 0.944. The Labute approximate surface area is 109 Å². The Balaban J connectivity index is 2.14. The summed E-state index contributed by atoms with van der Waals surface area (Å²) >= 11 is 3.41. The number of halogens is 1. The maximum Gasteiger partial charge on any atom is 0.150 e. The number of hydrogen-bond acceptors (Lipinski definition) is 4. The summed E-state index contributed by atoms with van der Waals surface area (Å²) in [6, 6.07) is 5.72. The minimum atomic E-state index is 0.0247. The molecule has 1 unspecified atom stereocenters. The maximum atomic E-state index is 4.38. The molecule has 1 atom stereocenters. The van der Waals surface area contributed by atoms with Crippen molar-refractivity contribution in [1.29, 1.82) is 0 Å². The Kier molecular flexibility index (Phi) is 3.68. The van der Waals surface area contributed by atoms with E-state index in [4.69, 9.17) is 0 Å². The van der Waals surface area contributed by atoms with Crippen LogP contribution in [0.25, 0.3) is 0 Å².